The first kappa shape index (κ1) is 12.7. The fourth-order valence-corrected chi connectivity index (χ4v) is 1.65. The van der Waals surface area contributed by atoms with E-state index in [4.69, 9.17) is 10.2 Å². The average molecular weight is 249 g/mol. The van der Waals surface area contributed by atoms with E-state index < -0.39 is 0 Å². The van der Waals surface area contributed by atoms with Crippen LogP contribution < -0.4 is 16.8 Å². The number of benzene rings is 1. The second-order valence-electron chi connectivity index (χ2n) is 5.33. The third-order valence-corrected chi connectivity index (χ3v) is 3.12. The molecule has 0 amide bonds. The minimum Gasteiger partial charge on any atom is -0.408 e. The molecule has 0 radical (unpaired) electrons. The molecule has 0 saturated heterocycles. The smallest absolute Gasteiger partial charge is 0.408 e. The zero-order valence-corrected chi connectivity index (χ0v) is 11.0. The third kappa shape index (κ3) is 2.41. The highest BCUT2D eigenvalue weighted by Crippen LogP contribution is 2.20. The molecule has 2 rings (SSSR count). The number of hydrogen-bond acceptors (Lipinski definition) is 4. The van der Waals surface area contributed by atoms with Gasteiger partial charge < -0.3 is 15.5 Å². The molecule has 5 heteroatoms. The number of hydrogen-bond donors (Lipinski definition) is 2. The van der Waals surface area contributed by atoms with E-state index in [-0.39, 0.29) is 11.2 Å². The van der Waals surface area contributed by atoms with Crippen LogP contribution in [0.3, 0.4) is 0 Å². The van der Waals surface area contributed by atoms with Crippen molar-refractivity contribution >= 4 is 16.8 Å². The minimum absolute atomic E-state index is 0.0389. The van der Waals surface area contributed by atoms with Crippen LogP contribution in [-0.2, 0) is 7.05 Å². The van der Waals surface area contributed by atoms with E-state index in [1.807, 2.05) is 12.1 Å². The summed E-state index contributed by atoms with van der Waals surface area (Å²) in [4.78, 5) is 11.4. The Bertz CT molecular complexity index is 610. The molecule has 0 bridgehead atoms. The predicted octanol–water partition coefficient (Wildman–Crippen LogP) is 1.53. The van der Waals surface area contributed by atoms with Gasteiger partial charge in [0, 0.05) is 19.3 Å². The molecule has 98 valence electrons. The lowest BCUT2D eigenvalue weighted by atomic mass is 9.94. The molecule has 2 aromatic rings. The quantitative estimate of drug-likeness (QED) is 0.861. The summed E-state index contributed by atoms with van der Waals surface area (Å²) in [5, 5.41) is 3.33. The summed E-state index contributed by atoms with van der Waals surface area (Å²) in [5.41, 5.74) is 8.08. The molecule has 1 heterocycles. The number of nitrogens with two attached hydrogens (primary N) is 1. The summed E-state index contributed by atoms with van der Waals surface area (Å²) >= 11 is 0. The first-order valence-corrected chi connectivity index (χ1v) is 5.96. The fraction of sp³-hybridized carbons (Fsp3) is 0.462. The van der Waals surface area contributed by atoms with Crippen molar-refractivity contribution in [2.45, 2.75) is 13.8 Å². The van der Waals surface area contributed by atoms with Crippen LogP contribution in [0, 0.1) is 5.41 Å². The number of aromatic nitrogens is 1. The SMILES string of the molecule is Cn1c(=O)oc2ccc(NCC(C)(C)CN)cc21. The number of fused-ring (bicyclic) bond motifs is 1. The van der Waals surface area contributed by atoms with E-state index in [1.165, 1.54) is 4.57 Å². The van der Waals surface area contributed by atoms with Gasteiger partial charge in [-0.2, -0.15) is 0 Å². The number of nitrogens with one attached hydrogen (secondary N) is 1. The fourth-order valence-electron chi connectivity index (χ4n) is 1.65. The minimum atomic E-state index is -0.343. The van der Waals surface area contributed by atoms with Gasteiger partial charge in [-0.1, -0.05) is 13.8 Å². The number of oxazole rings is 1. The van der Waals surface area contributed by atoms with Gasteiger partial charge in [0.25, 0.3) is 0 Å². The van der Waals surface area contributed by atoms with Crippen LogP contribution in [-0.4, -0.2) is 17.7 Å². The molecule has 3 N–H and O–H groups in total. The largest absolute Gasteiger partial charge is 0.419 e. The molecule has 0 aliphatic carbocycles. The van der Waals surface area contributed by atoms with E-state index in [0.29, 0.717) is 12.1 Å². The number of nitrogens with zero attached hydrogens (tertiary/aromatic N) is 1. The van der Waals surface area contributed by atoms with Crippen molar-refractivity contribution < 1.29 is 4.42 Å². The molecule has 5 nitrogen and oxygen atoms in total. The lowest BCUT2D eigenvalue weighted by molar-refractivity contribution is 0.406. The highest BCUT2D eigenvalue weighted by Gasteiger charge is 2.15. The van der Waals surface area contributed by atoms with Crippen molar-refractivity contribution in [3.8, 4) is 0 Å². The molecule has 1 aromatic heterocycles. The standard InChI is InChI=1S/C13H19N3O2/c1-13(2,7-14)8-15-9-4-5-11-10(6-9)16(3)12(17)18-11/h4-6,15H,7-8,14H2,1-3H3. The molecule has 0 fully saturated rings. The second-order valence-corrected chi connectivity index (χ2v) is 5.33. The molecule has 0 saturated carbocycles. The topological polar surface area (TPSA) is 73.2 Å². The summed E-state index contributed by atoms with van der Waals surface area (Å²) in [6.07, 6.45) is 0. The van der Waals surface area contributed by atoms with Crippen LogP contribution in [0.5, 0.6) is 0 Å². The molecule has 18 heavy (non-hydrogen) atoms. The lowest BCUT2D eigenvalue weighted by Gasteiger charge is -2.23. The molecule has 1 aromatic carbocycles. The molecule has 0 spiro atoms. The van der Waals surface area contributed by atoms with Gasteiger partial charge in [-0.05, 0) is 30.2 Å². The Hall–Kier alpha value is -1.75. The second kappa shape index (κ2) is 4.49. The Morgan fingerprint density at radius 2 is 2.17 bits per heavy atom. The van der Waals surface area contributed by atoms with Crippen molar-refractivity contribution in [3.63, 3.8) is 0 Å². The monoisotopic (exact) mass is 249 g/mol. The molecular formula is C13H19N3O2. The van der Waals surface area contributed by atoms with Crippen molar-refractivity contribution in [3.05, 3.63) is 28.7 Å². The first-order valence-electron chi connectivity index (χ1n) is 5.96. The van der Waals surface area contributed by atoms with Gasteiger partial charge in [0.2, 0.25) is 0 Å². The summed E-state index contributed by atoms with van der Waals surface area (Å²) in [6.45, 7) is 5.60. The number of rotatable bonds is 4. The van der Waals surface area contributed by atoms with Crippen LogP contribution in [0.2, 0.25) is 0 Å². The maximum atomic E-state index is 11.4. The average Bonchev–Trinajstić information content (AvgIpc) is 2.63. The van der Waals surface area contributed by atoms with Crippen molar-refractivity contribution in [2.75, 3.05) is 18.4 Å². The number of anilines is 1. The van der Waals surface area contributed by atoms with E-state index >= 15 is 0 Å². The summed E-state index contributed by atoms with van der Waals surface area (Å²) in [5.74, 6) is -0.343. The highest BCUT2D eigenvalue weighted by molar-refractivity contribution is 5.77. The third-order valence-electron chi connectivity index (χ3n) is 3.12. The lowest BCUT2D eigenvalue weighted by Crippen LogP contribution is -2.31. The first-order chi connectivity index (χ1) is 8.43. The highest BCUT2D eigenvalue weighted by atomic mass is 16.4. The van der Waals surface area contributed by atoms with E-state index in [0.717, 1.165) is 17.7 Å². The molecular weight excluding hydrogens is 230 g/mol. The van der Waals surface area contributed by atoms with Gasteiger partial charge in [0.05, 0.1) is 5.52 Å². The Morgan fingerprint density at radius 3 is 2.83 bits per heavy atom. The van der Waals surface area contributed by atoms with Crippen LogP contribution in [0.25, 0.3) is 11.1 Å². The Kier molecular flexibility index (Phi) is 3.17. The summed E-state index contributed by atoms with van der Waals surface area (Å²) < 4.78 is 6.57. The van der Waals surface area contributed by atoms with E-state index in [9.17, 15) is 4.79 Å². The summed E-state index contributed by atoms with van der Waals surface area (Å²) in [6, 6.07) is 5.61. The van der Waals surface area contributed by atoms with Crippen LogP contribution in [0.1, 0.15) is 13.8 Å². The molecule has 0 aliphatic rings. The van der Waals surface area contributed by atoms with Gasteiger partial charge in [-0.25, -0.2) is 4.79 Å². The predicted molar refractivity (Wildman–Crippen MR) is 72.8 cm³/mol. The van der Waals surface area contributed by atoms with Gasteiger partial charge in [0.15, 0.2) is 5.58 Å². The zero-order chi connectivity index (χ0) is 13.3. The van der Waals surface area contributed by atoms with E-state index in [1.54, 1.807) is 13.1 Å². The van der Waals surface area contributed by atoms with Gasteiger partial charge >= 0.3 is 5.76 Å². The number of aryl methyl sites for hydroxylation is 1. The molecule has 0 aliphatic heterocycles. The zero-order valence-electron chi connectivity index (χ0n) is 11.0. The van der Waals surface area contributed by atoms with Crippen LogP contribution in [0.15, 0.2) is 27.4 Å². The summed E-state index contributed by atoms with van der Waals surface area (Å²) in [7, 11) is 1.70. The Morgan fingerprint density at radius 1 is 1.44 bits per heavy atom. The maximum Gasteiger partial charge on any atom is 0.419 e. The van der Waals surface area contributed by atoms with Crippen LogP contribution >= 0.6 is 0 Å². The van der Waals surface area contributed by atoms with Crippen LogP contribution in [0.4, 0.5) is 5.69 Å². The molecule has 0 atom stereocenters. The molecule has 0 unspecified atom stereocenters. The van der Waals surface area contributed by atoms with Crippen molar-refractivity contribution in [1.29, 1.82) is 0 Å². The van der Waals surface area contributed by atoms with Crippen molar-refractivity contribution in [2.24, 2.45) is 18.2 Å². The van der Waals surface area contributed by atoms with Gasteiger partial charge in [-0.15, -0.1) is 0 Å². The Balaban J connectivity index is 2.25. The van der Waals surface area contributed by atoms with Gasteiger partial charge in [0.1, 0.15) is 0 Å². The normalized spacial score (nSPS) is 12.0. The van der Waals surface area contributed by atoms with Gasteiger partial charge in [-0.3, -0.25) is 4.57 Å². The Labute approximate surface area is 106 Å². The van der Waals surface area contributed by atoms with Crippen molar-refractivity contribution in [1.82, 2.24) is 4.57 Å². The maximum absolute atomic E-state index is 11.4. The van der Waals surface area contributed by atoms with E-state index in [2.05, 4.69) is 19.2 Å².